The van der Waals surface area contributed by atoms with Crippen LogP contribution < -0.4 is 15.2 Å². The molecular formula is C20H27N4O2+. The molecule has 26 heavy (non-hydrogen) atoms. The van der Waals surface area contributed by atoms with Gasteiger partial charge >= 0.3 is 0 Å². The molecule has 0 radical (unpaired) electrons. The molecule has 1 aromatic heterocycles. The molecule has 6 heteroatoms. The van der Waals surface area contributed by atoms with Crippen LogP contribution in [-0.4, -0.2) is 44.3 Å². The highest BCUT2D eigenvalue weighted by Gasteiger charge is 2.20. The lowest BCUT2D eigenvalue weighted by atomic mass is 10.2. The van der Waals surface area contributed by atoms with Gasteiger partial charge in [0.05, 0.1) is 39.1 Å². The molecule has 1 aliphatic rings. The van der Waals surface area contributed by atoms with Gasteiger partial charge in [0.25, 0.3) is 0 Å². The summed E-state index contributed by atoms with van der Waals surface area (Å²) in [5.41, 5.74) is 4.59. The molecule has 1 aliphatic heterocycles. The molecule has 1 amide bonds. The molecule has 0 bridgehead atoms. The maximum Gasteiger partial charge on any atom is 0.245 e. The maximum absolute atomic E-state index is 12.0. The van der Waals surface area contributed by atoms with E-state index in [1.54, 1.807) is 0 Å². The number of nitrogens with one attached hydrogen (secondary N) is 2. The van der Waals surface area contributed by atoms with Gasteiger partial charge in [-0.2, -0.15) is 5.10 Å². The van der Waals surface area contributed by atoms with Gasteiger partial charge in [-0.1, -0.05) is 18.2 Å². The first kappa shape index (κ1) is 18.2. The molecule has 2 aromatic rings. The Morgan fingerprint density at radius 1 is 1.19 bits per heavy atom. The van der Waals surface area contributed by atoms with Crippen molar-refractivity contribution < 1.29 is 14.1 Å². The van der Waals surface area contributed by atoms with Crippen LogP contribution in [0.5, 0.6) is 0 Å². The number of hydrogen-bond donors (Lipinski definition) is 2. The summed E-state index contributed by atoms with van der Waals surface area (Å²) in [5, 5.41) is 4.13. The Kier molecular flexibility index (Phi) is 6.07. The molecule has 138 valence electrons. The van der Waals surface area contributed by atoms with Crippen LogP contribution in [0.2, 0.25) is 0 Å². The van der Waals surface area contributed by atoms with Gasteiger partial charge in [-0.05, 0) is 38.1 Å². The van der Waals surface area contributed by atoms with Gasteiger partial charge in [0.1, 0.15) is 17.2 Å². The van der Waals surface area contributed by atoms with Crippen molar-refractivity contribution in [2.24, 2.45) is 5.10 Å². The minimum Gasteiger partial charge on any atom is -0.460 e. The van der Waals surface area contributed by atoms with Gasteiger partial charge in [-0.25, -0.2) is 5.43 Å². The summed E-state index contributed by atoms with van der Waals surface area (Å²) < 4.78 is 5.49. The third kappa shape index (κ3) is 4.95. The summed E-state index contributed by atoms with van der Waals surface area (Å²) in [7, 11) is 0. The van der Waals surface area contributed by atoms with Crippen molar-refractivity contribution in [1.82, 2.24) is 5.43 Å². The van der Waals surface area contributed by atoms with E-state index < -0.39 is 0 Å². The molecule has 1 aromatic carbocycles. The topological polar surface area (TPSA) is 62.3 Å². The molecule has 0 atom stereocenters. The molecule has 1 saturated heterocycles. The fourth-order valence-corrected chi connectivity index (χ4v) is 3.15. The SMILES string of the molecule is C/C(=N/NC(=O)CC[NH+]1CCN(c2ccccc2)CC1)c1ccc(C)o1. The molecule has 3 rings (SSSR count). The minimum absolute atomic E-state index is 0.0504. The second-order valence-electron chi connectivity index (χ2n) is 6.72. The van der Waals surface area contributed by atoms with Gasteiger partial charge in [0.2, 0.25) is 5.91 Å². The second kappa shape index (κ2) is 8.67. The number of anilines is 1. The van der Waals surface area contributed by atoms with E-state index in [4.69, 9.17) is 4.42 Å². The maximum atomic E-state index is 12.0. The van der Waals surface area contributed by atoms with Crippen molar-refractivity contribution in [3.05, 3.63) is 54.0 Å². The number of hydrazone groups is 1. The van der Waals surface area contributed by atoms with E-state index in [9.17, 15) is 4.79 Å². The molecule has 0 saturated carbocycles. The Labute approximate surface area is 154 Å². The van der Waals surface area contributed by atoms with Crippen molar-refractivity contribution in [3.8, 4) is 0 Å². The largest absolute Gasteiger partial charge is 0.460 e. The number of carbonyl (C=O) groups is 1. The van der Waals surface area contributed by atoms with Crippen LogP contribution in [0.4, 0.5) is 5.69 Å². The number of benzene rings is 1. The molecule has 2 N–H and O–H groups in total. The molecule has 1 fully saturated rings. The third-order valence-electron chi connectivity index (χ3n) is 4.74. The molecule has 0 aliphatic carbocycles. The fraction of sp³-hybridized carbons (Fsp3) is 0.400. The number of piperazine rings is 1. The Morgan fingerprint density at radius 2 is 1.92 bits per heavy atom. The summed E-state index contributed by atoms with van der Waals surface area (Å²) in [6.07, 6.45) is 0.481. The Balaban J connectivity index is 1.39. The molecule has 0 unspecified atom stereocenters. The number of amides is 1. The molecule has 6 nitrogen and oxygen atoms in total. The van der Waals surface area contributed by atoms with E-state index >= 15 is 0 Å². The zero-order valence-corrected chi connectivity index (χ0v) is 15.5. The standard InChI is InChI=1S/C20H26N4O2/c1-16-8-9-19(26-16)17(2)21-22-20(25)10-11-23-12-14-24(15-13-23)18-6-4-3-5-7-18/h3-9H,10-15H2,1-2H3,(H,22,25)/p+1/b21-17-. The van der Waals surface area contributed by atoms with E-state index in [1.807, 2.05) is 32.0 Å². The lowest BCUT2D eigenvalue weighted by Gasteiger charge is -2.33. The predicted molar refractivity (Wildman–Crippen MR) is 103 cm³/mol. The smallest absolute Gasteiger partial charge is 0.245 e. The van der Waals surface area contributed by atoms with Gasteiger partial charge in [-0.15, -0.1) is 0 Å². The van der Waals surface area contributed by atoms with Crippen LogP contribution in [0.25, 0.3) is 0 Å². The zero-order chi connectivity index (χ0) is 18.4. The zero-order valence-electron chi connectivity index (χ0n) is 15.5. The van der Waals surface area contributed by atoms with E-state index in [0.717, 1.165) is 38.5 Å². The van der Waals surface area contributed by atoms with Crippen molar-refractivity contribution in [2.45, 2.75) is 20.3 Å². The van der Waals surface area contributed by atoms with E-state index in [2.05, 4.69) is 39.7 Å². The van der Waals surface area contributed by atoms with Crippen LogP contribution in [0.15, 0.2) is 52.0 Å². The Hall–Kier alpha value is -2.60. The number of furan rings is 1. The number of para-hydroxylation sites is 1. The van der Waals surface area contributed by atoms with Crippen molar-refractivity contribution >= 4 is 17.3 Å². The first-order valence-corrected chi connectivity index (χ1v) is 9.15. The summed E-state index contributed by atoms with van der Waals surface area (Å²) in [5.74, 6) is 1.47. The predicted octanol–water partition coefficient (Wildman–Crippen LogP) is 1.22. The summed E-state index contributed by atoms with van der Waals surface area (Å²) >= 11 is 0. The number of carbonyl (C=O) groups excluding carboxylic acids is 1. The van der Waals surface area contributed by atoms with Gasteiger partial charge in [0, 0.05) is 5.69 Å². The van der Waals surface area contributed by atoms with E-state index in [1.165, 1.54) is 10.6 Å². The van der Waals surface area contributed by atoms with Crippen molar-refractivity contribution in [1.29, 1.82) is 0 Å². The number of hydrogen-bond acceptors (Lipinski definition) is 4. The Bertz CT molecular complexity index is 746. The van der Waals surface area contributed by atoms with Crippen LogP contribution in [-0.2, 0) is 4.79 Å². The summed E-state index contributed by atoms with van der Waals surface area (Å²) in [4.78, 5) is 15.9. The Morgan fingerprint density at radius 3 is 2.58 bits per heavy atom. The molecule has 2 heterocycles. The van der Waals surface area contributed by atoms with Crippen LogP contribution in [0.1, 0.15) is 24.9 Å². The highest BCUT2D eigenvalue weighted by atomic mass is 16.3. The average Bonchev–Trinajstić information content (AvgIpc) is 3.12. The third-order valence-corrected chi connectivity index (χ3v) is 4.74. The first-order valence-electron chi connectivity index (χ1n) is 9.15. The molecular weight excluding hydrogens is 328 g/mol. The number of quaternary nitrogens is 1. The van der Waals surface area contributed by atoms with Gasteiger partial charge < -0.3 is 14.2 Å². The monoisotopic (exact) mass is 355 g/mol. The minimum atomic E-state index is -0.0504. The van der Waals surface area contributed by atoms with Crippen molar-refractivity contribution in [2.75, 3.05) is 37.6 Å². The highest BCUT2D eigenvalue weighted by Crippen LogP contribution is 2.12. The second-order valence-corrected chi connectivity index (χ2v) is 6.72. The molecule has 0 spiro atoms. The van der Waals surface area contributed by atoms with Crippen molar-refractivity contribution in [3.63, 3.8) is 0 Å². The number of aryl methyl sites for hydroxylation is 1. The van der Waals surface area contributed by atoms with Crippen LogP contribution in [0, 0.1) is 6.92 Å². The van der Waals surface area contributed by atoms with E-state index in [0.29, 0.717) is 17.9 Å². The lowest BCUT2D eigenvalue weighted by Crippen LogP contribution is -3.15. The van der Waals surface area contributed by atoms with E-state index in [-0.39, 0.29) is 5.91 Å². The first-order chi connectivity index (χ1) is 12.6. The lowest BCUT2D eigenvalue weighted by molar-refractivity contribution is -0.900. The highest BCUT2D eigenvalue weighted by molar-refractivity contribution is 5.96. The normalized spacial score (nSPS) is 15.9. The number of rotatable bonds is 6. The van der Waals surface area contributed by atoms with Crippen LogP contribution >= 0.6 is 0 Å². The average molecular weight is 355 g/mol. The number of nitrogens with zero attached hydrogens (tertiary/aromatic N) is 2. The quantitative estimate of drug-likeness (QED) is 0.605. The fourth-order valence-electron chi connectivity index (χ4n) is 3.15. The summed E-state index contributed by atoms with van der Waals surface area (Å²) in [6, 6.07) is 14.2. The summed E-state index contributed by atoms with van der Waals surface area (Å²) in [6.45, 7) is 8.70. The van der Waals surface area contributed by atoms with Gasteiger partial charge in [0.15, 0.2) is 0 Å². The van der Waals surface area contributed by atoms with Gasteiger partial charge in [-0.3, -0.25) is 4.79 Å². The van der Waals surface area contributed by atoms with Crippen LogP contribution in [0.3, 0.4) is 0 Å².